The molecule has 1 amide bonds. The summed E-state index contributed by atoms with van der Waals surface area (Å²) in [6.45, 7) is 4.39. The molecule has 0 spiro atoms. The molecule has 0 unspecified atom stereocenters. The van der Waals surface area contributed by atoms with E-state index in [9.17, 15) is 4.79 Å². The van der Waals surface area contributed by atoms with E-state index >= 15 is 0 Å². The molecule has 32 heavy (non-hydrogen) atoms. The van der Waals surface area contributed by atoms with Gasteiger partial charge in [-0.3, -0.25) is 9.20 Å². The zero-order valence-corrected chi connectivity index (χ0v) is 18.0. The van der Waals surface area contributed by atoms with Crippen molar-refractivity contribution in [2.45, 2.75) is 38.6 Å². The Balaban J connectivity index is 1.64. The first-order valence-electron chi connectivity index (χ1n) is 10.3. The van der Waals surface area contributed by atoms with Crippen molar-refractivity contribution in [2.24, 2.45) is 5.73 Å². The Morgan fingerprint density at radius 2 is 1.97 bits per heavy atom. The number of carbonyl (C=O) groups is 1. The third kappa shape index (κ3) is 4.98. The zero-order valence-electron chi connectivity index (χ0n) is 18.0. The standard InChI is InChI=1S/C22H26N8O2/c1-22(2,23)21(31)25-18(15-32-14-16-7-4-3-5-8-16)20-27-26-19-10-6-9-17(30(19)20)13-29-12-11-24-28-29/h3-12,18H,13-15,23H2,1-2H3,(H,25,31)/t18-/m1/s1. The summed E-state index contributed by atoms with van der Waals surface area (Å²) in [7, 11) is 0. The smallest absolute Gasteiger partial charge is 0.240 e. The van der Waals surface area contributed by atoms with Crippen LogP contribution in [0.1, 0.15) is 37.0 Å². The molecular formula is C22H26N8O2. The number of benzene rings is 1. The van der Waals surface area contributed by atoms with Crippen molar-refractivity contribution in [3.05, 3.63) is 78.0 Å². The molecule has 3 N–H and O–H groups in total. The van der Waals surface area contributed by atoms with Crippen LogP contribution in [0, 0.1) is 0 Å². The quantitative estimate of drug-likeness (QED) is 0.409. The predicted molar refractivity (Wildman–Crippen MR) is 117 cm³/mol. The third-order valence-corrected chi connectivity index (χ3v) is 4.93. The highest BCUT2D eigenvalue weighted by atomic mass is 16.5. The lowest BCUT2D eigenvalue weighted by Gasteiger charge is -2.24. The highest BCUT2D eigenvalue weighted by molar-refractivity contribution is 5.85. The minimum absolute atomic E-state index is 0.204. The van der Waals surface area contributed by atoms with Gasteiger partial charge < -0.3 is 15.8 Å². The Labute approximate surface area is 185 Å². The zero-order chi connectivity index (χ0) is 22.6. The second kappa shape index (κ2) is 9.25. The van der Waals surface area contributed by atoms with Gasteiger partial charge in [-0.15, -0.1) is 15.3 Å². The van der Waals surface area contributed by atoms with Crippen LogP contribution >= 0.6 is 0 Å². The summed E-state index contributed by atoms with van der Waals surface area (Å²) < 4.78 is 9.56. The second-order valence-electron chi connectivity index (χ2n) is 8.12. The van der Waals surface area contributed by atoms with E-state index in [4.69, 9.17) is 10.5 Å². The molecule has 3 aromatic heterocycles. The largest absolute Gasteiger partial charge is 0.374 e. The number of nitrogens with zero attached hydrogens (tertiary/aromatic N) is 6. The van der Waals surface area contributed by atoms with E-state index in [1.54, 1.807) is 30.9 Å². The molecule has 0 fully saturated rings. The molecule has 0 aliphatic rings. The van der Waals surface area contributed by atoms with Gasteiger partial charge in [-0.1, -0.05) is 41.6 Å². The number of nitrogens with one attached hydrogen (secondary N) is 1. The van der Waals surface area contributed by atoms with Crippen LogP contribution in [0.15, 0.2) is 60.9 Å². The maximum absolute atomic E-state index is 12.7. The number of ether oxygens (including phenoxy) is 1. The molecule has 0 bridgehead atoms. The van der Waals surface area contributed by atoms with Crippen molar-refractivity contribution >= 4 is 11.6 Å². The van der Waals surface area contributed by atoms with Crippen LogP contribution < -0.4 is 11.1 Å². The van der Waals surface area contributed by atoms with Crippen molar-refractivity contribution in [1.82, 2.24) is 34.9 Å². The van der Waals surface area contributed by atoms with Gasteiger partial charge in [0.15, 0.2) is 11.5 Å². The average molecular weight is 435 g/mol. The summed E-state index contributed by atoms with van der Waals surface area (Å²) in [6, 6.07) is 15.0. The van der Waals surface area contributed by atoms with Gasteiger partial charge in [0.2, 0.25) is 5.91 Å². The van der Waals surface area contributed by atoms with Gasteiger partial charge in [-0.25, -0.2) is 4.68 Å². The molecule has 0 radical (unpaired) electrons. The Morgan fingerprint density at radius 3 is 2.69 bits per heavy atom. The summed E-state index contributed by atoms with van der Waals surface area (Å²) >= 11 is 0. The van der Waals surface area contributed by atoms with E-state index in [-0.39, 0.29) is 12.5 Å². The summed E-state index contributed by atoms with van der Waals surface area (Å²) in [6.07, 6.45) is 3.40. The normalized spacial score (nSPS) is 12.7. The van der Waals surface area contributed by atoms with Crippen molar-refractivity contribution in [3.63, 3.8) is 0 Å². The van der Waals surface area contributed by atoms with Gasteiger partial charge >= 0.3 is 0 Å². The molecule has 0 aliphatic carbocycles. The van der Waals surface area contributed by atoms with Gasteiger partial charge in [-0.05, 0) is 31.5 Å². The Bertz CT molecular complexity index is 1170. The van der Waals surface area contributed by atoms with E-state index < -0.39 is 11.6 Å². The monoisotopic (exact) mass is 434 g/mol. The number of hydrogen-bond donors (Lipinski definition) is 2. The number of carbonyl (C=O) groups excluding carboxylic acids is 1. The first-order chi connectivity index (χ1) is 15.4. The SMILES string of the molecule is CC(C)(N)C(=O)N[C@H](COCc1ccccc1)c1nnc2cccc(Cn3ccnn3)n12. The van der Waals surface area contributed by atoms with Crippen molar-refractivity contribution in [1.29, 1.82) is 0 Å². The first-order valence-corrected chi connectivity index (χ1v) is 10.3. The van der Waals surface area contributed by atoms with Crippen LogP contribution in [0.3, 0.4) is 0 Å². The fraction of sp³-hybridized carbons (Fsp3) is 0.318. The first kappa shape index (κ1) is 21.6. The number of amides is 1. The van der Waals surface area contributed by atoms with Crippen LogP contribution in [-0.4, -0.2) is 47.6 Å². The second-order valence-corrected chi connectivity index (χ2v) is 8.12. The molecule has 0 aliphatic heterocycles. The number of nitrogens with two attached hydrogens (primary N) is 1. The van der Waals surface area contributed by atoms with Gasteiger partial charge in [0, 0.05) is 11.9 Å². The van der Waals surface area contributed by atoms with E-state index in [2.05, 4.69) is 25.8 Å². The molecule has 10 nitrogen and oxygen atoms in total. The fourth-order valence-corrected chi connectivity index (χ4v) is 3.26. The van der Waals surface area contributed by atoms with Gasteiger partial charge in [-0.2, -0.15) is 0 Å². The number of fused-ring (bicyclic) bond motifs is 1. The fourth-order valence-electron chi connectivity index (χ4n) is 3.26. The van der Waals surface area contributed by atoms with E-state index in [0.717, 1.165) is 11.3 Å². The molecule has 166 valence electrons. The van der Waals surface area contributed by atoms with Crippen LogP contribution in [0.2, 0.25) is 0 Å². The van der Waals surface area contributed by atoms with Crippen LogP contribution in [0.25, 0.3) is 5.65 Å². The van der Waals surface area contributed by atoms with Crippen LogP contribution in [0.4, 0.5) is 0 Å². The molecule has 10 heteroatoms. The highest BCUT2D eigenvalue weighted by Crippen LogP contribution is 2.18. The van der Waals surface area contributed by atoms with Gasteiger partial charge in [0.05, 0.1) is 31.5 Å². The number of pyridine rings is 1. The van der Waals surface area contributed by atoms with Crippen LogP contribution in [-0.2, 0) is 22.7 Å². The summed E-state index contributed by atoms with van der Waals surface area (Å²) in [5.41, 5.74) is 7.55. The molecule has 0 saturated heterocycles. The number of rotatable bonds is 9. The molecule has 4 aromatic rings. The molecule has 3 heterocycles. The predicted octanol–water partition coefficient (Wildman–Crippen LogP) is 1.48. The van der Waals surface area contributed by atoms with E-state index in [1.165, 1.54) is 0 Å². The van der Waals surface area contributed by atoms with E-state index in [1.807, 2.05) is 52.9 Å². The Hall–Kier alpha value is -3.63. The average Bonchev–Trinajstić information content (AvgIpc) is 3.43. The maximum atomic E-state index is 12.7. The highest BCUT2D eigenvalue weighted by Gasteiger charge is 2.28. The molecule has 1 aromatic carbocycles. The summed E-state index contributed by atoms with van der Waals surface area (Å²) in [5, 5.41) is 19.6. The Kier molecular flexibility index (Phi) is 6.24. The minimum Gasteiger partial charge on any atom is -0.374 e. The lowest BCUT2D eigenvalue weighted by atomic mass is 10.1. The summed E-state index contributed by atoms with van der Waals surface area (Å²) in [5.74, 6) is 0.248. The van der Waals surface area contributed by atoms with Gasteiger partial charge in [0.25, 0.3) is 0 Å². The van der Waals surface area contributed by atoms with Crippen LogP contribution in [0.5, 0.6) is 0 Å². The molecular weight excluding hydrogens is 408 g/mol. The van der Waals surface area contributed by atoms with Gasteiger partial charge in [0.1, 0.15) is 6.04 Å². The molecule has 1 atom stereocenters. The van der Waals surface area contributed by atoms with Crippen molar-refractivity contribution in [2.75, 3.05) is 6.61 Å². The van der Waals surface area contributed by atoms with Crippen molar-refractivity contribution < 1.29 is 9.53 Å². The van der Waals surface area contributed by atoms with E-state index in [0.29, 0.717) is 24.6 Å². The number of hydrogen-bond acceptors (Lipinski definition) is 7. The molecule has 4 rings (SSSR count). The maximum Gasteiger partial charge on any atom is 0.240 e. The number of aromatic nitrogens is 6. The molecule has 0 saturated carbocycles. The van der Waals surface area contributed by atoms with Crippen molar-refractivity contribution in [3.8, 4) is 0 Å². The lowest BCUT2D eigenvalue weighted by Crippen LogP contribution is -2.51. The Morgan fingerprint density at radius 1 is 1.16 bits per heavy atom. The topological polar surface area (TPSA) is 125 Å². The minimum atomic E-state index is -1.05. The third-order valence-electron chi connectivity index (χ3n) is 4.93. The lowest BCUT2D eigenvalue weighted by molar-refractivity contribution is -0.126. The summed E-state index contributed by atoms with van der Waals surface area (Å²) in [4.78, 5) is 12.7.